The van der Waals surface area contributed by atoms with Crippen LogP contribution in [0, 0.1) is 24.0 Å². The lowest BCUT2D eigenvalue weighted by Crippen LogP contribution is -2.28. The van der Waals surface area contributed by atoms with Gasteiger partial charge in [0, 0.05) is 12.1 Å². The molecule has 1 aliphatic heterocycles. The molecule has 1 amide bonds. The topological polar surface area (TPSA) is 94.3 Å². The normalized spacial score (nSPS) is 14.9. The lowest BCUT2D eigenvalue weighted by Gasteiger charge is -2.16. The van der Waals surface area contributed by atoms with Crippen LogP contribution < -0.4 is 14.4 Å². The Bertz CT molecular complexity index is 1720. The van der Waals surface area contributed by atoms with Gasteiger partial charge < -0.3 is 9.47 Å². The molecule has 1 aliphatic rings. The Hall–Kier alpha value is -4.60. The van der Waals surface area contributed by atoms with Gasteiger partial charge >= 0.3 is 0 Å². The van der Waals surface area contributed by atoms with Gasteiger partial charge in [0.25, 0.3) is 11.6 Å². The highest BCUT2D eigenvalue weighted by Gasteiger charge is 2.35. The molecule has 0 bridgehead atoms. The summed E-state index contributed by atoms with van der Waals surface area (Å²) in [4.78, 5) is 31.2. The van der Waals surface area contributed by atoms with Crippen LogP contribution in [0.15, 0.2) is 94.8 Å². The number of amidine groups is 1. The Balaban J connectivity index is 1.45. The second-order valence-corrected chi connectivity index (χ2v) is 11.2. The van der Waals surface area contributed by atoms with Crippen molar-refractivity contribution in [3.63, 3.8) is 0 Å². The lowest BCUT2D eigenvalue weighted by atomic mass is 10.1. The molecular weight excluding hydrogens is 586 g/mol. The second-order valence-electron chi connectivity index (χ2n) is 9.79. The first-order valence-electron chi connectivity index (χ1n) is 13.5. The number of rotatable bonds is 9. The van der Waals surface area contributed by atoms with Gasteiger partial charge in [-0.1, -0.05) is 47.0 Å². The standard InChI is InChI=1S/C33H28ClN3O5S/c1-4-41-29-18-24(17-28(34)31(29)42-20-23-9-15-27(16-10-23)37(39)40)19-30-32(38)36(26-13-7-22(3)8-14-26)33(43-30)35-25-11-5-21(2)6-12-25/h5-19H,4,20H2,1-3H3/b30-19-,35-33?. The van der Waals surface area contributed by atoms with Crippen LogP contribution in [0.4, 0.5) is 17.1 Å². The summed E-state index contributed by atoms with van der Waals surface area (Å²) in [5, 5.41) is 11.8. The number of aryl methyl sites for hydroxylation is 2. The molecule has 4 aromatic carbocycles. The largest absolute Gasteiger partial charge is 0.490 e. The number of aliphatic imine (C=N–C) groups is 1. The first kappa shape index (κ1) is 29.9. The quantitative estimate of drug-likeness (QED) is 0.106. The van der Waals surface area contributed by atoms with Gasteiger partial charge in [0.1, 0.15) is 6.61 Å². The Labute approximate surface area is 258 Å². The van der Waals surface area contributed by atoms with Crippen molar-refractivity contribution >= 4 is 57.6 Å². The second kappa shape index (κ2) is 13.1. The fraction of sp³-hybridized carbons (Fsp3) is 0.152. The van der Waals surface area contributed by atoms with Crippen LogP contribution in [0.2, 0.25) is 5.02 Å². The number of benzene rings is 4. The predicted octanol–water partition coefficient (Wildman–Crippen LogP) is 8.65. The molecule has 0 saturated carbocycles. The highest BCUT2D eigenvalue weighted by Crippen LogP contribution is 2.41. The molecule has 0 spiro atoms. The van der Waals surface area contributed by atoms with E-state index in [4.69, 9.17) is 26.1 Å². The van der Waals surface area contributed by atoms with E-state index in [0.717, 1.165) is 28.1 Å². The first-order chi connectivity index (χ1) is 20.7. The minimum atomic E-state index is -0.452. The summed E-state index contributed by atoms with van der Waals surface area (Å²) in [6.45, 7) is 6.36. The molecule has 218 valence electrons. The van der Waals surface area contributed by atoms with E-state index >= 15 is 0 Å². The van der Waals surface area contributed by atoms with E-state index in [-0.39, 0.29) is 18.2 Å². The summed E-state index contributed by atoms with van der Waals surface area (Å²) in [6, 6.07) is 25.1. The summed E-state index contributed by atoms with van der Waals surface area (Å²) in [6.07, 6.45) is 1.76. The molecule has 0 aliphatic carbocycles. The monoisotopic (exact) mass is 613 g/mol. The Morgan fingerprint density at radius 3 is 2.23 bits per heavy atom. The minimum absolute atomic E-state index is 0.00141. The molecule has 0 unspecified atom stereocenters. The van der Waals surface area contributed by atoms with E-state index < -0.39 is 4.92 Å². The van der Waals surface area contributed by atoms with Crippen LogP contribution in [0.25, 0.3) is 6.08 Å². The van der Waals surface area contributed by atoms with Crippen molar-refractivity contribution in [3.05, 3.63) is 127 Å². The fourth-order valence-electron chi connectivity index (χ4n) is 4.30. The molecule has 43 heavy (non-hydrogen) atoms. The third-order valence-corrected chi connectivity index (χ3v) is 7.77. The van der Waals surface area contributed by atoms with Gasteiger partial charge in [-0.3, -0.25) is 19.8 Å². The zero-order chi connectivity index (χ0) is 30.5. The highest BCUT2D eigenvalue weighted by molar-refractivity contribution is 8.19. The van der Waals surface area contributed by atoms with E-state index in [9.17, 15) is 14.9 Å². The zero-order valence-electron chi connectivity index (χ0n) is 23.7. The van der Waals surface area contributed by atoms with Gasteiger partial charge in [-0.25, -0.2) is 4.99 Å². The maximum absolute atomic E-state index is 13.8. The maximum atomic E-state index is 13.8. The minimum Gasteiger partial charge on any atom is -0.490 e. The number of hydrogen-bond donors (Lipinski definition) is 0. The summed E-state index contributed by atoms with van der Waals surface area (Å²) in [7, 11) is 0. The number of ether oxygens (including phenoxy) is 2. The summed E-state index contributed by atoms with van der Waals surface area (Å²) in [5.41, 5.74) is 5.08. The van der Waals surface area contributed by atoms with Gasteiger partial charge in [-0.15, -0.1) is 0 Å². The number of carbonyl (C=O) groups excluding carboxylic acids is 1. The molecule has 4 aromatic rings. The molecule has 8 nitrogen and oxygen atoms in total. The van der Waals surface area contributed by atoms with E-state index in [1.54, 1.807) is 35.2 Å². The van der Waals surface area contributed by atoms with E-state index in [0.29, 0.717) is 38.8 Å². The average molecular weight is 614 g/mol. The van der Waals surface area contributed by atoms with Gasteiger partial charge in [-0.2, -0.15) is 0 Å². The zero-order valence-corrected chi connectivity index (χ0v) is 25.3. The molecule has 0 aromatic heterocycles. The summed E-state index contributed by atoms with van der Waals surface area (Å²) in [5.74, 6) is 0.563. The van der Waals surface area contributed by atoms with Gasteiger partial charge in [0.15, 0.2) is 16.7 Å². The van der Waals surface area contributed by atoms with Gasteiger partial charge in [-0.05, 0) is 98.3 Å². The molecule has 10 heteroatoms. The van der Waals surface area contributed by atoms with Crippen LogP contribution in [-0.4, -0.2) is 22.6 Å². The number of thioether (sulfide) groups is 1. The first-order valence-corrected chi connectivity index (χ1v) is 14.7. The van der Waals surface area contributed by atoms with Crippen LogP contribution in [-0.2, 0) is 11.4 Å². The maximum Gasteiger partial charge on any atom is 0.271 e. The number of amides is 1. The molecule has 0 N–H and O–H groups in total. The van der Waals surface area contributed by atoms with Crippen molar-refractivity contribution < 1.29 is 19.2 Å². The Kier molecular flexibility index (Phi) is 9.13. The van der Waals surface area contributed by atoms with Crippen molar-refractivity contribution in [2.75, 3.05) is 11.5 Å². The smallest absolute Gasteiger partial charge is 0.271 e. The summed E-state index contributed by atoms with van der Waals surface area (Å²) < 4.78 is 11.8. The van der Waals surface area contributed by atoms with Crippen LogP contribution in [0.3, 0.4) is 0 Å². The predicted molar refractivity (Wildman–Crippen MR) is 173 cm³/mol. The van der Waals surface area contributed by atoms with Gasteiger partial charge in [0.2, 0.25) is 0 Å². The van der Waals surface area contributed by atoms with E-state index in [1.165, 1.54) is 23.9 Å². The molecular formula is C33H28ClN3O5S. The van der Waals surface area contributed by atoms with Crippen molar-refractivity contribution in [2.24, 2.45) is 4.99 Å². The molecule has 5 rings (SSSR count). The number of anilines is 1. The van der Waals surface area contributed by atoms with Crippen LogP contribution in [0.1, 0.15) is 29.2 Å². The third kappa shape index (κ3) is 7.07. The molecule has 1 heterocycles. The van der Waals surface area contributed by atoms with Crippen molar-refractivity contribution in [2.45, 2.75) is 27.4 Å². The van der Waals surface area contributed by atoms with E-state index in [2.05, 4.69) is 0 Å². The van der Waals surface area contributed by atoms with Crippen molar-refractivity contribution in [3.8, 4) is 11.5 Å². The number of carbonyl (C=O) groups is 1. The molecule has 0 radical (unpaired) electrons. The number of hydrogen-bond acceptors (Lipinski definition) is 7. The molecule has 1 saturated heterocycles. The number of nitro benzene ring substituents is 1. The Morgan fingerprint density at radius 1 is 0.953 bits per heavy atom. The SMILES string of the molecule is CCOc1cc(/C=C2\SC(=Nc3ccc(C)cc3)N(c3ccc(C)cc3)C2=O)cc(Cl)c1OCc1ccc([N+](=O)[O-])cc1. The van der Waals surface area contributed by atoms with Crippen LogP contribution >= 0.6 is 23.4 Å². The fourth-order valence-corrected chi connectivity index (χ4v) is 5.57. The number of halogens is 1. The lowest BCUT2D eigenvalue weighted by molar-refractivity contribution is -0.384. The summed E-state index contributed by atoms with van der Waals surface area (Å²) >= 11 is 7.95. The van der Waals surface area contributed by atoms with E-state index in [1.807, 2.05) is 69.3 Å². The number of nitrogens with zero attached hydrogens (tertiary/aromatic N) is 3. The van der Waals surface area contributed by atoms with Crippen molar-refractivity contribution in [1.29, 1.82) is 0 Å². The molecule has 1 fully saturated rings. The third-order valence-electron chi connectivity index (χ3n) is 6.52. The molecule has 0 atom stereocenters. The number of nitro groups is 1. The number of non-ortho nitro benzene ring substituents is 1. The van der Waals surface area contributed by atoms with Gasteiger partial charge in [0.05, 0.1) is 32.8 Å². The van der Waals surface area contributed by atoms with Crippen molar-refractivity contribution in [1.82, 2.24) is 0 Å². The highest BCUT2D eigenvalue weighted by atomic mass is 35.5. The average Bonchev–Trinajstić information content (AvgIpc) is 3.28. The van der Waals surface area contributed by atoms with Crippen LogP contribution in [0.5, 0.6) is 11.5 Å². The Morgan fingerprint density at radius 2 is 1.60 bits per heavy atom.